The smallest absolute Gasteiger partial charge is 0.461 e. The normalized spacial score (nSPS) is 15.3. The van der Waals surface area contributed by atoms with Crippen LogP contribution in [-0.2, 0) is 41.7 Å². The molecule has 0 N–H and O–H groups in total. The number of carbonyl (C=O) groups excluding carboxylic acids is 2. The van der Waals surface area contributed by atoms with Crippen LogP contribution in [0.2, 0.25) is 0 Å². The molecule has 2 rings (SSSR count). The number of hydrogen-bond donors (Lipinski definition) is 0. The zero-order valence-electron chi connectivity index (χ0n) is 29.7. The van der Waals surface area contributed by atoms with Crippen molar-refractivity contribution in [3.63, 3.8) is 0 Å². The highest BCUT2D eigenvalue weighted by molar-refractivity contribution is 5.69. The minimum atomic E-state index is -0.643. The van der Waals surface area contributed by atoms with Crippen molar-refractivity contribution in [1.29, 1.82) is 0 Å². The number of unbranched alkanes of at least 4 members (excludes halogenated alkanes) is 10. The molecule has 1 unspecified atom stereocenters. The van der Waals surface area contributed by atoms with Gasteiger partial charge >= 0.3 is 12.1 Å². The molecule has 0 bridgehead atoms. The fourth-order valence-corrected chi connectivity index (χ4v) is 5.94. The summed E-state index contributed by atoms with van der Waals surface area (Å²) in [5.74, 6) is 0.0825. The number of ether oxygens (including phenoxy) is 5. The summed E-state index contributed by atoms with van der Waals surface area (Å²) < 4.78 is 28.5. The number of esters is 1. The third kappa shape index (κ3) is 19.5. The predicted molar refractivity (Wildman–Crippen MR) is 184 cm³/mol. The van der Waals surface area contributed by atoms with Crippen LogP contribution in [0.5, 0.6) is 0 Å². The van der Waals surface area contributed by atoms with Crippen LogP contribution in [0, 0.1) is 12.8 Å². The van der Waals surface area contributed by atoms with Crippen LogP contribution in [0.1, 0.15) is 140 Å². The van der Waals surface area contributed by atoms with Crippen molar-refractivity contribution in [1.82, 2.24) is 4.90 Å². The molecule has 1 aliphatic heterocycles. The number of rotatable bonds is 26. The van der Waals surface area contributed by atoms with E-state index in [9.17, 15) is 9.59 Å². The Bertz CT molecular complexity index is 922. The highest BCUT2D eigenvalue weighted by Gasteiger charge is 2.20. The number of nitrogens with zero attached hydrogens (tertiary/aromatic N) is 1. The minimum Gasteiger partial charge on any atom is -0.461 e. The molecule has 0 spiro atoms. The minimum absolute atomic E-state index is 0.112. The van der Waals surface area contributed by atoms with Crippen LogP contribution in [0.15, 0.2) is 18.2 Å². The van der Waals surface area contributed by atoms with Crippen molar-refractivity contribution < 1.29 is 33.3 Å². The van der Waals surface area contributed by atoms with Crippen LogP contribution < -0.4 is 0 Å². The first-order valence-electron chi connectivity index (χ1n) is 18.4. The summed E-state index contributed by atoms with van der Waals surface area (Å²) in [6, 6.07) is 5.85. The Morgan fingerprint density at radius 2 is 1.37 bits per heavy atom. The molecule has 46 heavy (non-hydrogen) atoms. The molecule has 1 aromatic carbocycles. The van der Waals surface area contributed by atoms with E-state index in [1.165, 1.54) is 51.4 Å². The maximum Gasteiger partial charge on any atom is 0.508 e. The van der Waals surface area contributed by atoms with Gasteiger partial charge in [-0.3, -0.25) is 4.79 Å². The van der Waals surface area contributed by atoms with E-state index in [2.05, 4.69) is 25.7 Å². The van der Waals surface area contributed by atoms with Crippen molar-refractivity contribution in [2.75, 3.05) is 39.5 Å². The summed E-state index contributed by atoms with van der Waals surface area (Å²) in [7, 11) is 0. The van der Waals surface area contributed by atoms with Crippen molar-refractivity contribution in [2.24, 2.45) is 5.92 Å². The van der Waals surface area contributed by atoms with E-state index in [1.807, 2.05) is 25.1 Å². The molecule has 0 radical (unpaired) electrons. The molecule has 1 heterocycles. The number of benzene rings is 1. The van der Waals surface area contributed by atoms with Crippen LogP contribution in [-0.4, -0.2) is 62.8 Å². The summed E-state index contributed by atoms with van der Waals surface area (Å²) in [6.07, 6.45) is 16.4. The quantitative estimate of drug-likeness (QED) is 0.0559. The molecule has 1 saturated heterocycles. The highest BCUT2D eigenvalue weighted by atomic mass is 16.7. The molecule has 1 fully saturated rings. The fraction of sp³-hybridized carbons (Fsp3) is 0.789. The van der Waals surface area contributed by atoms with Gasteiger partial charge in [0, 0.05) is 32.1 Å². The predicted octanol–water partition coefficient (Wildman–Crippen LogP) is 9.28. The number of aryl methyl sites for hydroxylation is 1. The number of carbonyl (C=O) groups is 2. The molecular formula is C38H65NO7. The molecule has 264 valence electrons. The molecule has 0 aromatic heterocycles. The van der Waals surface area contributed by atoms with Gasteiger partial charge in [0.2, 0.25) is 0 Å². The second kappa shape index (κ2) is 25.9. The van der Waals surface area contributed by atoms with Crippen LogP contribution in [0.3, 0.4) is 0 Å². The Morgan fingerprint density at radius 1 is 0.783 bits per heavy atom. The second-order valence-corrected chi connectivity index (χ2v) is 13.0. The second-order valence-electron chi connectivity index (χ2n) is 13.0. The third-order valence-corrected chi connectivity index (χ3v) is 8.63. The number of likely N-dealkylation sites (tertiary alicyclic amines) is 1. The first-order valence-corrected chi connectivity index (χ1v) is 18.4. The van der Waals surface area contributed by atoms with Gasteiger partial charge in [-0.05, 0) is 62.9 Å². The summed E-state index contributed by atoms with van der Waals surface area (Å²) in [5, 5.41) is 0. The van der Waals surface area contributed by atoms with Crippen molar-refractivity contribution >= 4 is 12.1 Å². The van der Waals surface area contributed by atoms with E-state index in [-0.39, 0.29) is 31.9 Å². The molecule has 1 aromatic rings. The van der Waals surface area contributed by atoms with Gasteiger partial charge in [-0.1, -0.05) is 103 Å². The summed E-state index contributed by atoms with van der Waals surface area (Å²) >= 11 is 0. The summed E-state index contributed by atoms with van der Waals surface area (Å²) in [4.78, 5) is 27.3. The van der Waals surface area contributed by atoms with Crippen LogP contribution in [0.4, 0.5) is 4.79 Å². The molecular weight excluding hydrogens is 582 g/mol. The molecule has 8 heteroatoms. The van der Waals surface area contributed by atoms with Gasteiger partial charge in [0.05, 0.1) is 13.0 Å². The van der Waals surface area contributed by atoms with E-state index in [1.54, 1.807) is 0 Å². The Morgan fingerprint density at radius 3 is 1.98 bits per heavy atom. The lowest BCUT2D eigenvalue weighted by Gasteiger charge is -2.31. The lowest BCUT2D eigenvalue weighted by atomic mass is 9.99. The molecule has 0 aliphatic carbocycles. The van der Waals surface area contributed by atoms with E-state index >= 15 is 0 Å². The van der Waals surface area contributed by atoms with Gasteiger partial charge in [0.1, 0.15) is 13.2 Å². The number of hydrogen-bond acceptors (Lipinski definition) is 8. The third-order valence-electron chi connectivity index (χ3n) is 8.63. The van der Waals surface area contributed by atoms with Crippen LogP contribution >= 0.6 is 0 Å². The molecule has 0 amide bonds. The molecule has 0 saturated carbocycles. The fourth-order valence-electron chi connectivity index (χ4n) is 5.94. The summed E-state index contributed by atoms with van der Waals surface area (Å²) in [6.45, 7) is 13.7. The van der Waals surface area contributed by atoms with Crippen molar-refractivity contribution in [3.8, 4) is 0 Å². The van der Waals surface area contributed by atoms with E-state index in [0.717, 1.165) is 74.8 Å². The zero-order chi connectivity index (χ0) is 33.2. The largest absolute Gasteiger partial charge is 0.508 e. The zero-order valence-corrected chi connectivity index (χ0v) is 29.7. The van der Waals surface area contributed by atoms with E-state index < -0.39 is 6.16 Å². The average molecular weight is 648 g/mol. The van der Waals surface area contributed by atoms with Crippen molar-refractivity contribution in [2.45, 2.75) is 150 Å². The Hall–Kier alpha value is -2.16. The standard InChI is InChI=1S/C38H65NO7/c1-5-8-10-12-14-16-23-42-37(43-24-17-15-13-11-9-6-2)21-20-36(40)44-30-34-25-32(4)26-35(27-34)31-46-38(41)45-29-33-19-18-22-39(7-3)28-33/h25-27,33,37H,5-24,28-31H2,1-4H3. The van der Waals surface area contributed by atoms with Gasteiger partial charge in [-0.2, -0.15) is 0 Å². The first kappa shape index (κ1) is 40.0. The van der Waals surface area contributed by atoms with E-state index in [4.69, 9.17) is 23.7 Å². The number of piperidine rings is 1. The van der Waals surface area contributed by atoms with Gasteiger partial charge < -0.3 is 28.6 Å². The lowest BCUT2D eigenvalue weighted by molar-refractivity contribution is -0.160. The maximum atomic E-state index is 12.7. The van der Waals surface area contributed by atoms with Crippen molar-refractivity contribution in [3.05, 3.63) is 34.9 Å². The van der Waals surface area contributed by atoms with Gasteiger partial charge in [0.15, 0.2) is 6.29 Å². The maximum absolute atomic E-state index is 12.7. The average Bonchev–Trinajstić information content (AvgIpc) is 3.06. The lowest BCUT2D eigenvalue weighted by Crippen LogP contribution is -2.37. The Balaban J connectivity index is 1.73. The molecule has 1 aliphatic rings. The van der Waals surface area contributed by atoms with Gasteiger partial charge in [-0.15, -0.1) is 0 Å². The van der Waals surface area contributed by atoms with Gasteiger partial charge in [-0.25, -0.2) is 4.79 Å². The first-order chi connectivity index (χ1) is 22.4. The van der Waals surface area contributed by atoms with Gasteiger partial charge in [0.25, 0.3) is 0 Å². The van der Waals surface area contributed by atoms with Crippen LogP contribution in [0.25, 0.3) is 0 Å². The Labute approximate surface area is 280 Å². The SMILES string of the molecule is CCCCCCCCOC(CCC(=O)OCc1cc(C)cc(COC(=O)OCC2CCCN(CC)C2)c1)OCCCCCCCC. The summed E-state index contributed by atoms with van der Waals surface area (Å²) in [5.41, 5.74) is 2.70. The Kier molecular flexibility index (Phi) is 22.5. The topological polar surface area (TPSA) is 83.5 Å². The highest BCUT2D eigenvalue weighted by Crippen LogP contribution is 2.18. The molecule has 1 atom stereocenters. The monoisotopic (exact) mass is 647 g/mol. The molecule has 8 nitrogen and oxygen atoms in total. The van der Waals surface area contributed by atoms with E-state index in [0.29, 0.717) is 32.2 Å².